The number of anilines is 1. The molecule has 0 spiro atoms. The lowest BCUT2D eigenvalue weighted by Crippen LogP contribution is -2.16. The molecule has 3 rings (SSSR count). The Morgan fingerprint density at radius 3 is 2.77 bits per heavy atom. The Kier molecular flexibility index (Phi) is 7.81. The van der Waals surface area contributed by atoms with Crippen LogP contribution in [0, 0.1) is 6.92 Å². The fourth-order valence-electron chi connectivity index (χ4n) is 2.84. The molecule has 2 heterocycles. The van der Waals surface area contributed by atoms with E-state index in [4.69, 9.17) is 9.47 Å². The summed E-state index contributed by atoms with van der Waals surface area (Å²) in [5.74, 6) is 1.19. The Hall–Kier alpha value is -2.91. The molecule has 0 aliphatic rings. The quantitative estimate of drug-likeness (QED) is 0.391. The van der Waals surface area contributed by atoms with Crippen LogP contribution in [0.5, 0.6) is 5.88 Å². The lowest BCUT2D eigenvalue weighted by atomic mass is 10.1. The van der Waals surface area contributed by atoms with Gasteiger partial charge in [0.25, 0.3) is 0 Å². The first kappa shape index (κ1) is 21.8. The first-order chi connectivity index (χ1) is 14.6. The van der Waals surface area contributed by atoms with Gasteiger partial charge in [0.15, 0.2) is 11.0 Å². The second-order valence-electron chi connectivity index (χ2n) is 6.40. The van der Waals surface area contributed by atoms with Crippen LogP contribution in [0.15, 0.2) is 47.8 Å². The van der Waals surface area contributed by atoms with Gasteiger partial charge in [-0.2, -0.15) is 0 Å². The molecule has 9 heteroatoms. The smallest absolute Gasteiger partial charge is 0.237 e. The molecule has 0 radical (unpaired) electrons. The van der Waals surface area contributed by atoms with Gasteiger partial charge in [0, 0.05) is 25.4 Å². The molecule has 0 aliphatic carbocycles. The molecule has 0 fully saturated rings. The van der Waals surface area contributed by atoms with E-state index >= 15 is 0 Å². The van der Waals surface area contributed by atoms with E-state index < -0.39 is 0 Å². The van der Waals surface area contributed by atoms with Gasteiger partial charge in [-0.25, -0.2) is 4.98 Å². The maximum absolute atomic E-state index is 12.5. The number of benzene rings is 1. The highest BCUT2D eigenvalue weighted by Crippen LogP contribution is 2.27. The van der Waals surface area contributed by atoms with Gasteiger partial charge in [-0.15, -0.1) is 10.2 Å². The highest BCUT2D eigenvalue weighted by Gasteiger charge is 2.16. The maximum atomic E-state index is 12.5. The minimum atomic E-state index is -0.173. The number of nitrogens with one attached hydrogen (secondary N) is 1. The summed E-state index contributed by atoms with van der Waals surface area (Å²) in [4.78, 5) is 16.7. The normalized spacial score (nSPS) is 10.8. The van der Waals surface area contributed by atoms with Crippen LogP contribution < -0.4 is 10.1 Å². The topological polar surface area (TPSA) is 91.2 Å². The van der Waals surface area contributed by atoms with E-state index in [1.165, 1.54) is 11.8 Å². The zero-order chi connectivity index (χ0) is 21.3. The molecule has 0 saturated carbocycles. The molecule has 2 aromatic heterocycles. The summed E-state index contributed by atoms with van der Waals surface area (Å²) in [6, 6.07) is 11.6. The fourth-order valence-corrected chi connectivity index (χ4v) is 3.64. The van der Waals surface area contributed by atoms with E-state index in [9.17, 15) is 4.79 Å². The third kappa shape index (κ3) is 5.37. The van der Waals surface area contributed by atoms with Crippen molar-refractivity contribution in [1.82, 2.24) is 19.7 Å². The fraction of sp³-hybridized carbons (Fsp3) is 0.333. The Bertz CT molecular complexity index is 992. The molecule has 30 heavy (non-hydrogen) atoms. The molecule has 0 atom stereocenters. The number of carbonyl (C=O) groups is 1. The molecule has 0 unspecified atom stereocenters. The van der Waals surface area contributed by atoms with Crippen molar-refractivity contribution < 1.29 is 14.3 Å². The number of aryl methyl sites for hydroxylation is 1. The van der Waals surface area contributed by atoms with Crippen molar-refractivity contribution >= 4 is 23.4 Å². The standard InChI is InChI=1S/C21H25N5O3S/c1-4-26-19(16-9-6-5-8-15(16)2)24-25-21(26)30-14-18(27)23-17-10-7-11-22-20(17)29-13-12-28-3/h5-11H,4,12-14H2,1-3H3,(H,23,27). The van der Waals surface area contributed by atoms with Crippen molar-refractivity contribution in [2.75, 3.05) is 31.4 Å². The van der Waals surface area contributed by atoms with Crippen LogP contribution in [0.25, 0.3) is 11.4 Å². The highest BCUT2D eigenvalue weighted by molar-refractivity contribution is 7.99. The lowest BCUT2D eigenvalue weighted by molar-refractivity contribution is -0.113. The van der Waals surface area contributed by atoms with E-state index in [1.54, 1.807) is 25.4 Å². The average Bonchev–Trinajstić information content (AvgIpc) is 3.16. The van der Waals surface area contributed by atoms with Crippen molar-refractivity contribution in [3.8, 4) is 17.3 Å². The van der Waals surface area contributed by atoms with Gasteiger partial charge in [0.1, 0.15) is 12.3 Å². The summed E-state index contributed by atoms with van der Waals surface area (Å²) in [7, 11) is 1.60. The van der Waals surface area contributed by atoms with Gasteiger partial charge in [0.05, 0.1) is 12.4 Å². The minimum Gasteiger partial charge on any atom is -0.474 e. The molecule has 0 saturated heterocycles. The van der Waals surface area contributed by atoms with Crippen LogP contribution in [-0.4, -0.2) is 51.7 Å². The first-order valence-corrected chi connectivity index (χ1v) is 10.6. The van der Waals surface area contributed by atoms with Crippen molar-refractivity contribution in [1.29, 1.82) is 0 Å². The predicted molar refractivity (Wildman–Crippen MR) is 117 cm³/mol. The highest BCUT2D eigenvalue weighted by atomic mass is 32.2. The van der Waals surface area contributed by atoms with Gasteiger partial charge >= 0.3 is 0 Å². The van der Waals surface area contributed by atoms with E-state index in [-0.39, 0.29) is 11.7 Å². The van der Waals surface area contributed by atoms with Crippen LogP contribution in [0.1, 0.15) is 12.5 Å². The minimum absolute atomic E-state index is 0.173. The molecule has 1 N–H and O–H groups in total. The lowest BCUT2D eigenvalue weighted by Gasteiger charge is -2.11. The van der Waals surface area contributed by atoms with Crippen LogP contribution in [-0.2, 0) is 16.1 Å². The number of ether oxygens (including phenoxy) is 2. The number of methoxy groups -OCH3 is 1. The Morgan fingerprint density at radius 2 is 2.00 bits per heavy atom. The molecule has 0 bridgehead atoms. The van der Waals surface area contributed by atoms with Crippen molar-refractivity contribution in [2.45, 2.75) is 25.5 Å². The molecule has 1 aromatic carbocycles. The first-order valence-electron chi connectivity index (χ1n) is 9.62. The summed E-state index contributed by atoms with van der Waals surface area (Å²) in [6.45, 7) is 5.59. The molecule has 0 aliphatic heterocycles. The number of hydrogen-bond acceptors (Lipinski definition) is 7. The molecular formula is C21H25N5O3S. The van der Waals surface area contributed by atoms with E-state index in [0.717, 1.165) is 17.0 Å². The Labute approximate surface area is 180 Å². The molecule has 1 amide bonds. The van der Waals surface area contributed by atoms with Gasteiger partial charge in [-0.1, -0.05) is 36.0 Å². The van der Waals surface area contributed by atoms with Gasteiger partial charge in [0.2, 0.25) is 11.8 Å². The van der Waals surface area contributed by atoms with Crippen molar-refractivity contribution in [3.05, 3.63) is 48.2 Å². The predicted octanol–water partition coefficient (Wildman–Crippen LogP) is 3.42. The number of amides is 1. The number of hydrogen-bond donors (Lipinski definition) is 1. The van der Waals surface area contributed by atoms with Crippen molar-refractivity contribution in [2.24, 2.45) is 0 Å². The molecule has 8 nitrogen and oxygen atoms in total. The zero-order valence-corrected chi connectivity index (χ0v) is 18.1. The Morgan fingerprint density at radius 1 is 1.17 bits per heavy atom. The number of pyridine rings is 1. The van der Waals surface area contributed by atoms with E-state index in [2.05, 4.69) is 20.5 Å². The third-order valence-electron chi connectivity index (χ3n) is 4.32. The SMILES string of the molecule is CCn1c(SCC(=O)Nc2cccnc2OCCOC)nnc1-c1ccccc1C. The number of aromatic nitrogens is 4. The van der Waals surface area contributed by atoms with Crippen molar-refractivity contribution in [3.63, 3.8) is 0 Å². The number of rotatable bonds is 10. The largest absolute Gasteiger partial charge is 0.474 e. The van der Waals surface area contributed by atoms with E-state index in [1.807, 2.05) is 42.7 Å². The van der Waals surface area contributed by atoms with Crippen LogP contribution in [0.2, 0.25) is 0 Å². The summed E-state index contributed by atoms with van der Waals surface area (Å²) < 4.78 is 12.6. The van der Waals surface area contributed by atoms with Gasteiger partial charge in [-0.3, -0.25) is 4.79 Å². The maximum Gasteiger partial charge on any atom is 0.237 e. The Balaban J connectivity index is 1.65. The van der Waals surface area contributed by atoms with E-state index in [0.29, 0.717) is 36.5 Å². The number of nitrogens with zero attached hydrogens (tertiary/aromatic N) is 4. The summed E-state index contributed by atoms with van der Waals surface area (Å²) in [5, 5.41) is 12.2. The summed E-state index contributed by atoms with van der Waals surface area (Å²) in [6.07, 6.45) is 1.61. The number of carbonyl (C=O) groups excluding carboxylic acids is 1. The number of thioether (sulfide) groups is 1. The average molecular weight is 428 g/mol. The monoisotopic (exact) mass is 427 g/mol. The van der Waals surface area contributed by atoms with Gasteiger partial charge in [-0.05, 0) is 31.5 Å². The second-order valence-corrected chi connectivity index (χ2v) is 7.34. The third-order valence-corrected chi connectivity index (χ3v) is 5.29. The zero-order valence-electron chi connectivity index (χ0n) is 17.3. The second kappa shape index (κ2) is 10.7. The molecule has 3 aromatic rings. The molecular weight excluding hydrogens is 402 g/mol. The van der Waals surface area contributed by atoms with Crippen LogP contribution >= 0.6 is 11.8 Å². The summed E-state index contributed by atoms with van der Waals surface area (Å²) in [5.41, 5.74) is 2.69. The van der Waals surface area contributed by atoms with Crippen LogP contribution in [0.4, 0.5) is 5.69 Å². The summed E-state index contributed by atoms with van der Waals surface area (Å²) >= 11 is 1.34. The van der Waals surface area contributed by atoms with Crippen LogP contribution in [0.3, 0.4) is 0 Å². The van der Waals surface area contributed by atoms with Gasteiger partial charge < -0.3 is 19.4 Å². The molecule has 158 valence electrons.